The van der Waals surface area contributed by atoms with Crippen molar-refractivity contribution in [1.82, 2.24) is 9.97 Å². The van der Waals surface area contributed by atoms with Crippen LogP contribution in [0.4, 0.5) is 15.9 Å². The summed E-state index contributed by atoms with van der Waals surface area (Å²) in [6.45, 7) is 1.82. The molecule has 0 bridgehead atoms. The monoisotopic (exact) mass is 293 g/mol. The summed E-state index contributed by atoms with van der Waals surface area (Å²) in [6, 6.07) is 4.28. The fourth-order valence-electron chi connectivity index (χ4n) is 1.59. The number of anilines is 1. The Kier molecular flexibility index (Phi) is 4.24. The number of hydrogen-bond donors (Lipinski definition) is 2. The van der Waals surface area contributed by atoms with Gasteiger partial charge >= 0.3 is 5.69 Å². The molecule has 2 rings (SSSR count). The number of ether oxygens (including phenoxy) is 1. The molecule has 0 saturated carbocycles. The minimum atomic E-state index is -0.668. The number of nitro groups is 1. The molecule has 1 aromatic heterocycles. The predicted molar refractivity (Wildman–Crippen MR) is 72.3 cm³/mol. The fraction of sp³-hybridized carbons (Fsp3) is 0.167. The number of hydrogen-bond acceptors (Lipinski definition) is 7. The van der Waals surface area contributed by atoms with Gasteiger partial charge in [-0.1, -0.05) is 6.92 Å². The smallest absolute Gasteiger partial charge is 0.311 e. The summed E-state index contributed by atoms with van der Waals surface area (Å²) in [7, 11) is 0. The maximum atomic E-state index is 13.2. The van der Waals surface area contributed by atoms with Crippen LogP contribution in [0.3, 0.4) is 0 Å². The van der Waals surface area contributed by atoms with Gasteiger partial charge in [-0.15, -0.1) is 0 Å². The number of benzene rings is 1. The first-order valence-corrected chi connectivity index (χ1v) is 6.00. The molecule has 1 heterocycles. The minimum absolute atomic E-state index is 0.0310. The van der Waals surface area contributed by atoms with Crippen LogP contribution in [-0.2, 0) is 6.42 Å². The van der Waals surface area contributed by atoms with E-state index in [9.17, 15) is 14.5 Å². The van der Waals surface area contributed by atoms with Gasteiger partial charge < -0.3 is 10.2 Å². The van der Waals surface area contributed by atoms with E-state index in [0.29, 0.717) is 12.2 Å². The highest BCUT2D eigenvalue weighted by Gasteiger charge is 2.17. The summed E-state index contributed by atoms with van der Waals surface area (Å²) in [5.74, 6) is 5.12. The largest absolute Gasteiger partial charge is 0.431 e. The Balaban J connectivity index is 2.42. The fourth-order valence-corrected chi connectivity index (χ4v) is 1.59. The number of hydrazine groups is 1. The van der Waals surface area contributed by atoms with Crippen molar-refractivity contribution in [2.24, 2.45) is 5.84 Å². The second kappa shape index (κ2) is 6.09. The number of nitrogens with one attached hydrogen (secondary N) is 1. The summed E-state index contributed by atoms with van der Waals surface area (Å²) in [5, 5.41) is 10.9. The van der Waals surface area contributed by atoms with E-state index in [2.05, 4.69) is 15.4 Å². The molecule has 0 aliphatic carbocycles. The van der Waals surface area contributed by atoms with Gasteiger partial charge in [0.25, 0.3) is 0 Å². The molecule has 0 aliphatic heterocycles. The quantitative estimate of drug-likeness (QED) is 0.493. The lowest BCUT2D eigenvalue weighted by Gasteiger charge is -2.08. The van der Waals surface area contributed by atoms with Crippen molar-refractivity contribution in [2.45, 2.75) is 13.3 Å². The van der Waals surface area contributed by atoms with Crippen molar-refractivity contribution in [2.75, 3.05) is 5.43 Å². The number of rotatable bonds is 5. The SMILES string of the molecule is CCc1nc(NN)cc(Oc2cc(F)ccc2[N+](=O)[O-])n1. The predicted octanol–water partition coefficient (Wildman–Crippen LogP) is 2.16. The molecule has 8 nitrogen and oxygen atoms in total. The highest BCUT2D eigenvalue weighted by molar-refractivity contribution is 5.48. The van der Waals surface area contributed by atoms with E-state index in [-0.39, 0.29) is 23.1 Å². The Morgan fingerprint density at radius 3 is 2.81 bits per heavy atom. The van der Waals surface area contributed by atoms with Gasteiger partial charge in [0.1, 0.15) is 17.5 Å². The number of aryl methyl sites for hydroxylation is 1. The molecule has 0 saturated heterocycles. The van der Waals surface area contributed by atoms with Gasteiger partial charge in [-0.25, -0.2) is 15.2 Å². The third kappa shape index (κ3) is 3.39. The van der Waals surface area contributed by atoms with Gasteiger partial charge in [-0.2, -0.15) is 4.98 Å². The number of nitrogens with zero attached hydrogens (tertiary/aromatic N) is 3. The van der Waals surface area contributed by atoms with E-state index < -0.39 is 10.7 Å². The highest BCUT2D eigenvalue weighted by Crippen LogP contribution is 2.31. The molecule has 0 amide bonds. The number of nitrogen functional groups attached to an aromatic ring is 1. The summed E-state index contributed by atoms with van der Waals surface area (Å²) >= 11 is 0. The molecule has 0 spiro atoms. The lowest BCUT2D eigenvalue weighted by molar-refractivity contribution is -0.385. The molecule has 0 unspecified atom stereocenters. The summed E-state index contributed by atoms with van der Waals surface area (Å²) in [6.07, 6.45) is 0.511. The standard InChI is InChI=1S/C12H12FN5O3/c1-2-10-15-11(17-14)6-12(16-10)21-9-5-7(13)3-4-8(9)18(19)20/h3-6H,2,14H2,1H3,(H,15,16,17). The van der Waals surface area contributed by atoms with Crippen LogP contribution in [0.5, 0.6) is 11.6 Å². The lowest BCUT2D eigenvalue weighted by atomic mass is 10.3. The Morgan fingerprint density at radius 2 is 2.19 bits per heavy atom. The zero-order chi connectivity index (χ0) is 15.4. The Hall–Kier alpha value is -2.81. The summed E-state index contributed by atoms with van der Waals surface area (Å²) < 4.78 is 18.5. The zero-order valence-electron chi connectivity index (χ0n) is 11.0. The molecule has 3 N–H and O–H groups in total. The van der Waals surface area contributed by atoms with E-state index in [1.54, 1.807) is 0 Å². The van der Waals surface area contributed by atoms with Crippen molar-refractivity contribution >= 4 is 11.5 Å². The zero-order valence-corrected chi connectivity index (χ0v) is 11.0. The number of nitro benzene ring substituents is 1. The van der Waals surface area contributed by atoms with Gasteiger partial charge in [0.15, 0.2) is 0 Å². The Morgan fingerprint density at radius 1 is 1.43 bits per heavy atom. The topological polar surface area (TPSA) is 116 Å². The Bertz CT molecular complexity index is 658. The van der Waals surface area contributed by atoms with E-state index in [0.717, 1.165) is 18.2 Å². The molecule has 0 fully saturated rings. The molecule has 0 radical (unpaired) electrons. The molecule has 1 aromatic carbocycles. The molecule has 2 aromatic rings. The van der Waals surface area contributed by atoms with E-state index in [1.165, 1.54) is 6.07 Å². The van der Waals surface area contributed by atoms with Crippen LogP contribution in [0.1, 0.15) is 12.7 Å². The van der Waals surface area contributed by atoms with Gasteiger partial charge in [0, 0.05) is 24.6 Å². The molecule has 0 aliphatic rings. The second-order valence-corrected chi connectivity index (χ2v) is 3.98. The maximum absolute atomic E-state index is 13.2. The first-order chi connectivity index (χ1) is 10.0. The Labute approximate surface area is 118 Å². The molecular formula is C12H12FN5O3. The van der Waals surface area contributed by atoms with Crippen molar-refractivity contribution in [3.8, 4) is 11.6 Å². The van der Waals surface area contributed by atoms with Crippen LogP contribution in [0.15, 0.2) is 24.3 Å². The molecule has 21 heavy (non-hydrogen) atoms. The molecule has 110 valence electrons. The van der Waals surface area contributed by atoms with Crippen molar-refractivity contribution in [3.63, 3.8) is 0 Å². The van der Waals surface area contributed by atoms with Crippen LogP contribution < -0.4 is 16.0 Å². The third-order valence-electron chi connectivity index (χ3n) is 2.55. The van der Waals surface area contributed by atoms with Gasteiger partial charge in [-0.3, -0.25) is 10.1 Å². The molecule has 0 atom stereocenters. The number of nitrogens with two attached hydrogens (primary N) is 1. The van der Waals surface area contributed by atoms with Gasteiger partial charge in [0.05, 0.1) is 4.92 Å². The summed E-state index contributed by atoms with van der Waals surface area (Å²) in [4.78, 5) is 18.3. The lowest BCUT2D eigenvalue weighted by Crippen LogP contribution is -2.10. The van der Waals surface area contributed by atoms with Crippen LogP contribution in [0.2, 0.25) is 0 Å². The van der Waals surface area contributed by atoms with Crippen molar-refractivity contribution in [3.05, 3.63) is 46.0 Å². The highest BCUT2D eigenvalue weighted by atomic mass is 19.1. The first-order valence-electron chi connectivity index (χ1n) is 6.00. The van der Waals surface area contributed by atoms with E-state index in [4.69, 9.17) is 10.6 Å². The maximum Gasteiger partial charge on any atom is 0.311 e. The third-order valence-corrected chi connectivity index (χ3v) is 2.55. The number of aromatic nitrogens is 2. The van der Waals surface area contributed by atoms with E-state index >= 15 is 0 Å². The molecule has 9 heteroatoms. The van der Waals surface area contributed by atoms with Crippen LogP contribution >= 0.6 is 0 Å². The van der Waals surface area contributed by atoms with Gasteiger partial charge in [-0.05, 0) is 6.07 Å². The minimum Gasteiger partial charge on any atom is -0.431 e. The van der Waals surface area contributed by atoms with Crippen molar-refractivity contribution in [1.29, 1.82) is 0 Å². The average Bonchev–Trinajstić information content (AvgIpc) is 2.46. The van der Waals surface area contributed by atoms with Crippen LogP contribution in [0.25, 0.3) is 0 Å². The first kappa shape index (κ1) is 14.6. The van der Waals surface area contributed by atoms with Crippen LogP contribution in [-0.4, -0.2) is 14.9 Å². The molecular weight excluding hydrogens is 281 g/mol. The van der Waals surface area contributed by atoms with E-state index in [1.807, 2.05) is 6.92 Å². The van der Waals surface area contributed by atoms with Crippen LogP contribution in [0, 0.1) is 15.9 Å². The van der Waals surface area contributed by atoms with Gasteiger partial charge in [0.2, 0.25) is 11.6 Å². The normalized spacial score (nSPS) is 10.2. The second-order valence-electron chi connectivity index (χ2n) is 3.98. The average molecular weight is 293 g/mol. The number of halogens is 1. The summed E-state index contributed by atoms with van der Waals surface area (Å²) in [5.41, 5.74) is 1.97. The van der Waals surface area contributed by atoms with Crippen molar-refractivity contribution < 1.29 is 14.1 Å².